The summed E-state index contributed by atoms with van der Waals surface area (Å²) in [5.74, 6) is 1.11. The van der Waals surface area contributed by atoms with Crippen molar-refractivity contribution in [1.82, 2.24) is 5.32 Å². The molecule has 0 fully saturated rings. The molecule has 0 spiro atoms. The van der Waals surface area contributed by atoms with Gasteiger partial charge in [0.1, 0.15) is 0 Å². The fourth-order valence-electron chi connectivity index (χ4n) is 1.64. The zero-order valence-electron chi connectivity index (χ0n) is 9.59. The molecule has 1 nitrogen and oxygen atoms in total. The van der Waals surface area contributed by atoms with Crippen LogP contribution in [-0.4, -0.2) is 18.6 Å². The average Bonchev–Trinajstić information content (AvgIpc) is 2.28. The minimum absolute atomic E-state index is 0.295. The first-order valence-electron chi connectivity index (χ1n) is 5.37. The summed E-state index contributed by atoms with van der Waals surface area (Å²) in [5, 5.41) is 4.75. The lowest BCUT2D eigenvalue weighted by Crippen LogP contribution is -2.21. The maximum atomic E-state index is 6.22. The highest BCUT2D eigenvalue weighted by Crippen LogP contribution is 2.31. The molecule has 0 aliphatic heterocycles. The van der Waals surface area contributed by atoms with Crippen molar-refractivity contribution in [3.05, 3.63) is 33.8 Å². The van der Waals surface area contributed by atoms with Crippen molar-refractivity contribution in [3.63, 3.8) is 0 Å². The Morgan fingerprint density at radius 1 is 1.38 bits per heavy atom. The molecule has 1 rings (SSSR count). The molecule has 0 aromatic heterocycles. The Balaban J connectivity index is 2.86. The number of thioether (sulfide) groups is 1. The normalized spacial score (nSPS) is 12.8. The van der Waals surface area contributed by atoms with E-state index in [9.17, 15) is 0 Å². The monoisotopic (exact) mass is 277 g/mol. The molecule has 1 unspecified atom stereocenters. The highest BCUT2D eigenvalue weighted by atomic mass is 35.5. The highest BCUT2D eigenvalue weighted by Gasteiger charge is 2.14. The molecular formula is C12H17Cl2NS. The minimum atomic E-state index is 0.295. The predicted molar refractivity (Wildman–Crippen MR) is 75.9 cm³/mol. The van der Waals surface area contributed by atoms with Gasteiger partial charge in [-0.15, -0.1) is 0 Å². The first-order valence-corrected chi connectivity index (χ1v) is 7.51. The van der Waals surface area contributed by atoms with E-state index in [0.717, 1.165) is 24.3 Å². The first-order chi connectivity index (χ1) is 7.70. The number of hydrogen-bond donors (Lipinski definition) is 1. The summed E-state index contributed by atoms with van der Waals surface area (Å²) in [6.07, 6.45) is 3.18. The number of benzene rings is 1. The third kappa shape index (κ3) is 3.85. The Kier molecular flexibility index (Phi) is 6.59. The molecule has 90 valence electrons. The molecule has 0 aliphatic rings. The molecule has 0 saturated heterocycles. The van der Waals surface area contributed by atoms with E-state index < -0.39 is 0 Å². The van der Waals surface area contributed by atoms with Gasteiger partial charge in [0.2, 0.25) is 0 Å². The quantitative estimate of drug-likeness (QED) is 0.827. The van der Waals surface area contributed by atoms with Crippen LogP contribution in [0.4, 0.5) is 0 Å². The zero-order valence-corrected chi connectivity index (χ0v) is 11.9. The highest BCUT2D eigenvalue weighted by molar-refractivity contribution is 7.98. The summed E-state index contributed by atoms with van der Waals surface area (Å²) in [7, 11) is 0. The third-order valence-electron chi connectivity index (χ3n) is 2.42. The second-order valence-electron chi connectivity index (χ2n) is 3.53. The van der Waals surface area contributed by atoms with Crippen LogP contribution in [0.3, 0.4) is 0 Å². The van der Waals surface area contributed by atoms with Crippen molar-refractivity contribution in [2.45, 2.75) is 19.4 Å². The van der Waals surface area contributed by atoms with Crippen LogP contribution in [0.5, 0.6) is 0 Å². The van der Waals surface area contributed by atoms with E-state index in [2.05, 4.69) is 18.5 Å². The van der Waals surface area contributed by atoms with Crippen LogP contribution in [0.25, 0.3) is 0 Å². The molecule has 1 N–H and O–H groups in total. The van der Waals surface area contributed by atoms with E-state index >= 15 is 0 Å². The van der Waals surface area contributed by atoms with Gasteiger partial charge in [-0.25, -0.2) is 0 Å². The van der Waals surface area contributed by atoms with E-state index in [1.165, 1.54) is 0 Å². The molecule has 0 heterocycles. The van der Waals surface area contributed by atoms with Crippen LogP contribution < -0.4 is 5.32 Å². The van der Waals surface area contributed by atoms with Crippen LogP contribution in [0, 0.1) is 0 Å². The van der Waals surface area contributed by atoms with Gasteiger partial charge in [-0.2, -0.15) is 11.8 Å². The molecule has 0 amide bonds. The van der Waals surface area contributed by atoms with Crippen LogP contribution in [0.15, 0.2) is 18.2 Å². The van der Waals surface area contributed by atoms with Crippen molar-refractivity contribution in [2.24, 2.45) is 0 Å². The van der Waals surface area contributed by atoms with Crippen molar-refractivity contribution in [1.29, 1.82) is 0 Å². The number of rotatable bonds is 6. The van der Waals surface area contributed by atoms with Gasteiger partial charge >= 0.3 is 0 Å². The van der Waals surface area contributed by atoms with E-state index in [1.807, 2.05) is 30.0 Å². The van der Waals surface area contributed by atoms with E-state index in [0.29, 0.717) is 16.1 Å². The molecule has 1 atom stereocenters. The number of nitrogens with one attached hydrogen (secondary N) is 1. The first kappa shape index (κ1) is 14.2. The van der Waals surface area contributed by atoms with Gasteiger partial charge in [0.15, 0.2) is 0 Å². The SMILES string of the molecule is CCNC(CCSC)c1cccc(Cl)c1Cl. The van der Waals surface area contributed by atoms with Crippen molar-refractivity contribution < 1.29 is 0 Å². The van der Waals surface area contributed by atoms with Gasteiger partial charge in [-0.1, -0.05) is 42.3 Å². The summed E-state index contributed by atoms with van der Waals surface area (Å²) in [6, 6.07) is 6.11. The van der Waals surface area contributed by atoms with E-state index in [4.69, 9.17) is 23.2 Å². The van der Waals surface area contributed by atoms with E-state index in [-0.39, 0.29) is 0 Å². The number of hydrogen-bond acceptors (Lipinski definition) is 2. The van der Waals surface area contributed by atoms with Gasteiger partial charge in [0.05, 0.1) is 10.0 Å². The van der Waals surface area contributed by atoms with Crippen molar-refractivity contribution in [2.75, 3.05) is 18.6 Å². The molecule has 1 aromatic carbocycles. The fourth-order valence-corrected chi connectivity index (χ4v) is 2.55. The second-order valence-corrected chi connectivity index (χ2v) is 5.31. The zero-order chi connectivity index (χ0) is 12.0. The molecule has 0 radical (unpaired) electrons. The van der Waals surface area contributed by atoms with Crippen LogP contribution in [-0.2, 0) is 0 Å². The summed E-state index contributed by atoms with van der Waals surface area (Å²) < 4.78 is 0. The Morgan fingerprint density at radius 3 is 2.75 bits per heavy atom. The maximum absolute atomic E-state index is 6.22. The van der Waals surface area contributed by atoms with Gasteiger partial charge in [-0.3, -0.25) is 0 Å². The predicted octanol–water partition coefficient (Wildman–Crippen LogP) is 4.40. The van der Waals surface area contributed by atoms with Crippen LogP contribution in [0.2, 0.25) is 10.0 Å². The van der Waals surface area contributed by atoms with Gasteiger partial charge < -0.3 is 5.32 Å². The summed E-state index contributed by atoms with van der Waals surface area (Å²) >= 11 is 14.1. The van der Waals surface area contributed by atoms with Crippen LogP contribution >= 0.6 is 35.0 Å². The Hall–Kier alpha value is 0.110. The Labute approximate surface area is 112 Å². The van der Waals surface area contributed by atoms with Gasteiger partial charge in [-0.05, 0) is 36.6 Å². The number of halogens is 2. The molecule has 16 heavy (non-hydrogen) atoms. The fraction of sp³-hybridized carbons (Fsp3) is 0.500. The lowest BCUT2D eigenvalue weighted by Gasteiger charge is -2.19. The largest absolute Gasteiger partial charge is 0.310 e. The third-order valence-corrected chi connectivity index (χ3v) is 3.90. The molecule has 0 bridgehead atoms. The topological polar surface area (TPSA) is 12.0 Å². The summed E-state index contributed by atoms with van der Waals surface area (Å²) in [6.45, 7) is 3.03. The summed E-state index contributed by atoms with van der Waals surface area (Å²) in [4.78, 5) is 0. The lowest BCUT2D eigenvalue weighted by atomic mass is 10.0. The molecule has 0 saturated carbocycles. The average molecular weight is 278 g/mol. The lowest BCUT2D eigenvalue weighted by molar-refractivity contribution is 0.541. The molecule has 0 aliphatic carbocycles. The minimum Gasteiger partial charge on any atom is -0.310 e. The van der Waals surface area contributed by atoms with Crippen LogP contribution in [0.1, 0.15) is 24.9 Å². The smallest absolute Gasteiger partial charge is 0.0640 e. The molecular weight excluding hydrogens is 261 g/mol. The molecule has 1 aromatic rings. The Bertz CT molecular complexity index is 331. The second kappa shape index (κ2) is 7.44. The van der Waals surface area contributed by atoms with E-state index in [1.54, 1.807) is 0 Å². The maximum Gasteiger partial charge on any atom is 0.0640 e. The molecule has 4 heteroatoms. The Morgan fingerprint density at radius 2 is 2.12 bits per heavy atom. The van der Waals surface area contributed by atoms with Crippen molar-refractivity contribution in [3.8, 4) is 0 Å². The standard InChI is InChI=1S/C12H17Cl2NS/c1-3-15-11(7-8-16-2)9-5-4-6-10(13)12(9)14/h4-6,11,15H,3,7-8H2,1-2H3. The summed E-state index contributed by atoms with van der Waals surface area (Å²) in [5.41, 5.74) is 1.10. The van der Waals surface area contributed by atoms with Crippen molar-refractivity contribution >= 4 is 35.0 Å². The van der Waals surface area contributed by atoms with Gasteiger partial charge in [0.25, 0.3) is 0 Å². The van der Waals surface area contributed by atoms with Gasteiger partial charge in [0, 0.05) is 6.04 Å².